The Bertz CT molecular complexity index is 538. The fraction of sp³-hybridized carbons (Fsp3) is 0.294. The molecule has 0 bridgehead atoms. The van der Waals surface area contributed by atoms with Crippen LogP contribution in [0.5, 0.6) is 0 Å². The Labute approximate surface area is 114 Å². The first-order valence-corrected chi connectivity index (χ1v) is 6.82. The minimum absolute atomic E-state index is 0.223. The van der Waals surface area contributed by atoms with Crippen molar-refractivity contribution in [3.05, 3.63) is 71.3 Å². The van der Waals surface area contributed by atoms with Crippen LogP contribution in [-0.4, -0.2) is 22.7 Å². The monoisotopic (exact) mass is 253 g/mol. The fourth-order valence-electron chi connectivity index (χ4n) is 2.82. The SMILES string of the molecule is OC[C@H]1Cc2ccccc2CN1Cc1ccccc1. The maximum Gasteiger partial charge on any atom is 0.0590 e. The van der Waals surface area contributed by atoms with E-state index in [0.29, 0.717) is 0 Å². The molecule has 0 aliphatic carbocycles. The molecular weight excluding hydrogens is 234 g/mol. The van der Waals surface area contributed by atoms with E-state index in [9.17, 15) is 5.11 Å². The molecule has 1 aliphatic heterocycles. The summed E-state index contributed by atoms with van der Waals surface area (Å²) in [6.07, 6.45) is 0.944. The van der Waals surface area contributed by atoms with Crippen LogP contribution >= 0.6 is 0 Å². The van der Waals surface area contributed by atoms with Crippen molar-refractivity contribution in [3.8, 4) is 0 Å². The summed E-state index contributed by atoms with van der Waals surface area (Å²) >= 11 is 0. The molecule has 1 atom stereocenters. The van der Waals surface area contributed by atoms with E-state index in [1.807, 2.05) is 6.07 Å². The topological polar surface area (TPSA) is 23.5 Å². The normalized spacial score (nSPS) is 19.1. The molecule has 3 rings (SSSR count). The predicted molar refractivity (Wildman–Crippen MR) is 76.7 cm³/mol. The molecule has 19 heavy (non-hydrogen) atoms. The summed E-state index contributed by atoms with van der Waals surface area (Å²) in [7, 11) is 0. The Morgan fingerprint density at radius 1 is 0.947 bits per heavy atom. The van der Waals surface area contributed by atoms with Gasteiger partial charge in [-0.3, -0.25) is 4.90 Å². The van der Waals surface area contributed by atoms with Gasteiger partial charge in [0.15, 0.2) is 0 Å². The summed E-state index contributed by atoms with van der Waals surface area (Å²) in [5.41, 5.74) is 4.08. The minimum Gasteiger partial charge on any atom is -0.395 e. The van der Waals surface area contributed by atoms with E-state index in [4.69, 9.17) is 0 Å². The van der Waals surface area contributed by atoms with Crippen molar-refractivity contribution in [2.45, 2.75) is 25.6 Å². The summed E-state index contributed by atoms with van der Waals surface area (Å²) in [6, 6.07) is 19.3. The van der Waals surface area contributed by atoms with Gasteiger partial charge in [-0.1, -0.05) is 54.6 Å². The third-order valence-electron chi connectivity index (χ3n) is 3.90. The first-order chi connectivity index (χ1) is 9.36. The highest BCUT2D eigenvalue weighted by molar-refractivity contribution is 5.30. The van der Waals surface area contributed by atoms with Crippen LogP contribution in [0.15, 0.2) is 54.6 Å². The van der Waals surface area contributed by atoms with Gasteiger partial charge in [-0.2, -0.15) is 0 Å². The van der Waals surface area contributed by atoms with Gasteiger partial charge in [-0.25, -0.2) is 0 Å². The van der Waals surface area contributed by atoms with Crippen molar-refractivity contribution in [3.63, 3.8) is 0 Å². The molecule has 0 saturated carbocycles. The molecule has 2 nitrogen and oxygen atoms in total. The second kappa shape index (κ2) is 5.55. The van der Waals surface area contributed by atoms with Crippen LogP contribution in [-0.2, 0) is 19.5 Å². The van der Waals surface area contributed by atoms with Crippen LogP contribution < -0.4 is 0 Å². The van der Waals surface area contributed by atoms with E-state index in [0.717, 1.165) is 19.5 Å². The highest BCUT2D eigenvalue weighted by atomic mass is 16.3. The first kappa shape index (κ1) is 12.4. The second-order valence-corrected chi connectivity index (χ2v) is 5.20. The van der Waals surface area contributed by atoms with Crippen molar-refractivity contribution >= 4 is 0 Å². The van der Waals surface area contributed by atoms with Crippen molar-refractivity contribution in [1.82, 2.24) is 4.90 Å². The summed E-state index contributed by atoms with van der Waals surface area (Å²) in [5.74, 6) is 0. The molecule has 1 N–H and O–H groups in total. The highest BCUT2D eigenvalue weighted by Gasteiger charge is 2.25. The van der Waals surface area contributed by atoms with Gasteiger partial charge in [0.2, 0.25) is 0 Å². The maximum absolute atomic E-state index is 9.62. The highest BCUT2D eigenvalue weighted by Crippen LogP contribution is 2.24. The Morgan fingerprint density at radius 3 is 2.37 bits per heavy atom. The maximum atomic E-state index is 9.62. The Balaban J connectivity index is 1.81. The first-order valence-electron chi connectivity index (χ1n) is 6.82. The zero-order chi connectivity index (χ0) is 13.1. The van der Waals surface area contributed by atoms with Crippen molar-refractivity contribution in [2.75, 3.05) is 6.61 Å². The largest absolute Gasteiger partial charge is 0.395 e. The summed E-state index contributed by atoms with van der Waals surface area (Å²) in [6.45, 7) is 2.05. The number of hydrogen-bond donors (Lipinski definition) is 1. The van der Waals surface area contributed by atoms with Crippen molar-refractivity contribution < 1.29 is 5.11 Å². The van der Waals surface area contributed by atoms with Gasteiger partial charge in [0.25, 0.3) is 0 Å². The van der Waals surface area contributed by atoms with Crippen LogP contribution in [0.3, 0.4) is 0 Å². The van der Waals surface area contributed by atoms with Crippen molar-refractivity contribution in [2.24, 2.45) is 0 Å². The molecule has 98 valence electrons. The fourth-order valence-corrected chi connectivity index (χ4v) is 2.82. The molecule has 1 aliphatic rings. The lowest BCUT2D eigenvalue weighted by molar-refractivity contribution is 0.0996. The number of rotatable bonds is 3. The molecule has 2 heteroatoms. The zero-order valence-corrected chi connectivity index (χ0v) is 11.0. The van der Waals surface area contributed by atoms with E-state index >= 15 is 0 Å². The number of benzene rings is 2. The zero-order valence-electron chi connectivity index (χ0n) is 11.0. The van der Waals surface area contributed by atoms with Gasteiger partial charge in [0, 0.05) is 19.1 Å². The molecule has 0 aromatic heterocycles. The van der Waals surface area contributed by atoms with Crippen LogP contribution in [0.1, 0.15) is 16.7 Å². The van der Waals surface area contributed by atoms with Gasteiger partial charge in [0.05, 0.1) is 6.61 Å². The van der Waals surface area contributed by atoms with E-state index < -0.39 is 0 Å². The van der Waals surface area contributed by atoms with E-state index in [1.165, 1.54) is 16.7 Å². The number of hydrogen-bond acceptors (Lipinski definition) is 2. The summed E-state index contributed by atoms with van der Waals surface area (Å²) < 4.78 is 0. The van der Waals surface area contributed by atoms with Gasteiger partial charge >= 0.3 is 0 Å². The number of fused-ring (bicyclic) bond motifs is 1. The molecule has 0 fully saturated rings. The quantitative estimate of drug-likeness (QED) is 0.909. The lowest BCUT2D eigenvalue weighted by atomic mass is 9.94. The van der Waals surface area contributed by atoms with Gasteiger partial charge in [-0.05, 0) is 23.1 Å². The Kier molecular flexibility index (Phi) is 3.62. The van der Waals surface area contributed by atoms with Gasteiger partial charge in [-0.15, -0.1) is 0 Å². The Morgan fingerprint density at radius 2 is 1.63 bits per heavy atom. The molecular formula is C17H19NO. The average molecular weight is 253 g/mol. The van der Waals surface area contributed by atoms with Crippen LogP contribution in [0.2, 0.25) is 0 Å². The number of aliphatic hydroxyl groups is 1. The second-order valence-electron chi connectivity index (χ2n) is 5.20. The molecule has 0 saturated heterocycles. The molecule has 2 aromatic carbocycles. The smallest absolute Gasteiger partial charge is 0.0590 e. The van der Waals surface area contributed by atoms with Gasteiger partial charge < -0.3 is 5.11 Å². The lowest BCUT2D eigenvalue weighted by Gasteiger charge is -2.36. The van der Waals surface area contributed by atoms with E-state index in [1.54, 1.807) is 0 Å². The molecule has 0 spiro atoms. The van der Waals surface area contributed by atoms with E-state index in [2.05, 4.69) is 53.4 Å². The number of aliphatic hydroxyl groups excluding tert-OH is 1. The molecule has 2 aromatic rings. The van der Waals surface area contributed by atoms with Crippen molar-refractivity contribution in [1.29, 1.82) is 0 Å². The molecule has 0 unspecified atom stereocenters. The standard InChI is InChI=1S/C17H19NO/c19-13-17-10-15-8-4-5-9-16(15)12-18(17)11-14-6-2-1-3-7-14/h1-9,17,19H,10-13H2/t17-/m1/s1. The summed E-state index contributed by atoms with van der Waals surface area (Å²) in [4.78, 5) is 2.37. The third-order valence-corrected chi connectivity index (χ3v) is 3.90. The number of nitrogens with zero attached hydrogens (tertiary/aromatic N) is 1. The third kappa shape index (κ3) is 2.70. The lowest BCUT2D eigenvalue weighted by Crippen LogP contribution is -2.42. The van der Waals surface area contributed by atoms with Crippen LogP contribution in [0.4, 0.5) is 0 Å². The average Bonchev–Trinajstić information content (AvgIpc) is 2.47. The molecule has 1 heterocycles. The molecule has 0 radical (unpaired) electrons. The van der Waals surface area contributed by atoms with E-state index in [-0.39, 0.29) is 12.6 Å². The Hall–Kier alpha value is -1.64. The predicted octanol–water partition coefficient (Wildman–Crippen LogP) is 2.61. The van der Waals surface area contributed by atoms with Gasteiger partial charge in [0.1, 0.15) is 0 Å². The van der Waals surface area contributed by atoms with Crippen LogP contribution in [0.25, 0.3) is 0 Å². The molecule has 0 amide bonds. The minimum atomic E-state index is 0.223. The summed E-state index contributed by atoms with van der Waals surface area (Å²) in [5, 5.41) is 9.62. The van der Waals surface area contributed by atoms with Crippen LogP contribution in [0, 0.1) is 0 Å².